The minimum atomic E-state index is -1.51. The SMILES string of the molecule is Cc1cccc(NC(=O)CN2C(=O)[C@]3(SCC(=O)N3c3ccc(F)c(F)c3)c3ccccc32)c1. The van der Waals surface area contributed by atoms with E-state index < -0.39 is 34.2 Å². The fourth-order valence-electron chi connectivity index (χ4n) is 4.40. The van der Waals surface area contributed by atoms with Crippen LogP contribution in [0.25, 0.3) is 0 Å². The molecule has 34 heavy (non-hydrogen) atoms. The van der Waals surface area contributed by atoms with Crippen LogP contribution in [-0.2, 0) is 19.3 Å². The molecule has 1 fully saturated rings. The number of hydrogen-bond acceptors (Lipinski definition) is 4. The molecule has 3 aromatic carbocycles. The number of fused-ring (bicyclic) bond motifs is 2. The van der Waals surface area contributed by atoms with E-state index >= 15 is 0 Å². The molecule has 5 rings (SSSR count). The number of rotatable bonds is 4. The van der Waals surface area contributed by atoms with Gasteiger partial charge in [-0.05, 0) is 42.8 Å². The van der Waals surface area contributed by atoms with E-state index in [4.69, 9.17) is 0 Å². The van der Waals surface area contributed by atoms with Crippen LogP contribution in [0.3, 0.4) is 0 Å². The summed E-state index contributed by atoms with van der Waals surface area (Å²) < 4.78 is 27.6. The molecule has 1 atom stereocenters. The summed E-state index contributed by atoms with van der Waals surface area (Å²) in [4.78, 5) is 40.7. The summed E-state index contributed by atoms with van der Waals surface area (Å²) >= 11 is 1.10. The third kappa shape index (κ3) is 3.43. The molecule has 0 radical (unpaired) electrons. The number of nitrogens with zero attached hydrogens (tertiary/aromatic N) is 2. The largest absolute Gasteiger partial charge is 0.325 e. The Morgan fingerprint density at radius 3 is 2.59 bits per heavy atom. The Balaban J connectivity index is 1.53. The first-order valence-electron chi connectivity index (χ1n) is 10.5. The minimum absolute atomic E-state index is 0.0254. The maximum atomic E-state index is 14.0. The van der Waals surface area contributed by atoms with Gasteiger partial charge >= 0.3 is 0 Å². The highest BCUT2D eigenvalue weighted by Gasteiger charge is 2.61. The number of amides is 3. The van der Waals surface area contributed by atoms with Gasteiger partial charge in [0.2, 0.25) is 16.7 Å². The van der Waals surface area contributed by atoms with E-state index in [9.17, 15) is 23.2 Å². The molecular weight excluding hydrogens is 460 g/mol. The van der Waals surface area contributed by atoms with Crippen LogP contribution in [0.4, 0.5) is 25.8 Å². The van der Waals surface area contributed by atoms with Crippen LogP contribution in [0.1, 0.15) is 11.1 Å². The Kier molecular flexibility index (Phi) is 5.36. The number of carbonyl (C=O) groups excluding carboxylic acids is 3. The standard InChI is InChI=1S/C25H19F2N3O3S/c1-15-5-4-6-16(11-15)28-22(31)13-29-21-8-3-2-7-18(21)25(24(29)33)30(23(32)14-34-25)17-9-10-19(26)20(27)12-17/h2-12H,13-14H2,1H3,(H,28,31)/t25-/m1/s1. The molecule has 6 nitrogen and oxygen atoms in total. The number of para-hydroxylation sites is 1. The van der Waals surface area contributed by atoms with Gasteiger partial charge < -0.3 is 5.32 Å². The molecule has 2 aliphatic rings. The van der Waals surface area contributed by atoms with Crippen LogP contribution < -0.4 is 15.1 Å². The predicted molar refractivity (Wildman–Crippen MR) is 127 cm³/mol. The van der Waals surface area contributed by atoms with E-state index in [1.807, 2.05) is 25.1 Å². The van der Waals surface area contributed by atoms with Crippen LogP contribution in [0, 0.1) is 18.6 Å². The molecule has 9 heteroatoms. The number of benzene rings is 3. The van der Waals surface area contributed by atoms with Gasteiger partial charge in [0.05, 0.1) is 11.4 Å². The van der Waals surface area contributed by atoms with Gasteiger partial charge in [-0.25, -0.2) is 8.78 Å². The summed E-state index contributed by atoms with van der Waals surface area (Å²) in [6, 6.07) is 17.3. The number of aryl methyl sites for hydroxylation is 1. The normalized spacial score (nSPS) is 19.1. The van der Waals surface area contributed by atoms with E-state index in [0.29, 0.717) is 16.9 Å². The first-order valence-corrected chi connectivity index (χ1v) is 11.5. The third-order valence-electron chi connectivity index (χ3n) is 5.83. The molecule has 2 heterocycles. The summed E-state index contributed by atoms with van der Waals surface area (Å²) in [6.45, 7) is 1.63. The molecule has 0 saturated carbocycles. The first-order chi connectivity index (χ1) is 16.3. The van der Waals surface area contributed by atoms with Crippen LogP contribution >= 0.6 is 11.8 Å². The smallest absolute Gasteiger partial charge is 0.269 e. The maximum Gasteiger partial charge on any atom is 0.269 e. The van der Waals surface area contributed by atoms with Crippen molar-refractivity contribution >= 4 is 46.5 Å². The lowest BCUT2D eigenvalue weighted by Gasteiger charge is -2.33. The highest BCUT2D eigenvalue weighted by molar-refractivity contribution is 8.02. The summed E-state index contributed by atoms with van der Waals surface area (Å²) in [5.41, 5.74) is 2.66. The van der Waals surface area contributed by atoms with Gasteiger partial charge in [-0.15, -0.1) is 11.8 Å². The highest BCUT2D eigenvalue weighted by Crippen LogP contribution is 2.55. The Hall–Kier alpha value is -3.72. The second kappa shape index (κ2) is 8.25. The zero-order valence-corrected chi connectivity index (χ0v) is 18.9. The topological polar surface area (TPSA) is 69.7 Å². The van der Waals surface area contributed by atoms with Crippen LogP contribution in [0.15, 0.2) is 66.7 Å². The average Bonchev–Trinajstić information content (AvgIpc) is 3.27. The van der Waals surface area contributed by atoms with E-state index in [1.165, 1.54) is 15.9 Å². The molecule has 3 aromatic rings. The van der Waals surface area contributed by atoms with Gasteiger partial charge in [-0.1, -0.05) is 30.3 Å². The highest BCUT2D eigenvalue weighted by atomic mass is 32.2. The molecule has 0 aromatic heterocycles. The predicted octanol–water partition coefficient (Wildman–Crippen LogP) is 4.19. The van der Waals surface area contributed by atoms with Crippen molar-refractivity contribution < 1.29 is 23.2 Å². The number of carbonyl (C=O) groups is 3. The second-order valence-electron chi connectivity index (χ2n) is 8.09. The van der Waals surface area contributed by atoms with Crippen molar-refractivity contribution in [2.75, 3.05) is 27.4 Å². The van der Waals surface area contributed by atoms with Gasteiger partial charge in [0.25, 0.3) is 5.91 Å². The number of hydrogen-bond donors (Lipinski definition) is 1. The summed E-state index contributed by atoms with van der Waals surface area (Å²) in [5.74, 6) is -3.50. The van der Waals surface area contributed by atoms with E-state index in [2.05, 4.69) is 5.32 Å². The van der Waals surface area contributed by atoms with Crippen molar-refractivity contribution in [2.45, 2.75) is 11.8 Å². The van der Waals surface area contributed by atoms with Gasteiger partial charge in [0, 0.05) is 23.0 Å². The Morgan fingerprint density at radius 1 is 1.03 bits per heavy atom. The van der Waals surface area contributed by atoms with Crippen LogP contribution in [0.2, 0.25) is 0 Å². The monoisotopic (exact) mass is 479 g/mol. The van der Waals surface area contributed by atoms with Gasteiger partial charge in [-0.2, -0.15) is 0 Å². The Bertz CT molecular complexity index is 1350. The maximum absolute atomic E-state index is 14.0. The number of nitrogens with one attached hydrogen (secondary N) is 1. The van der Waals surface area contributed by atoms with Crippen molar-refractivity contribution in [2.24, 2.45) is 0 Å². The number of anilines is 3. The first kappa shape index (κ1) is 22.1. The lowest BCUT2D eigenvalue weighted by atomic mass is 10.0. The number of halogens is 2. The molecular formula is C25H19F2N3O3S. The Morgan fingerprint density at radius 2 is 1.82 bits per heavy atom. The van der Waals surface area contributed by atoms with E-state index in [-0.39, 0.29) is 18.0 Å². The Labute approximate surface area is 198 Å². The lowest BCUT2D eigenvalue weighted by molar-refractivity contribution is -0.124. The van der Waals surface area contributed by atoms with Gasteiger partial charge in [-0.3, -0.25) is 24.2 Å². The zero-order chi connectivity index (χ0) is 24.0. The van der Waals surface area contributed by atoms with Crippen molar-refractivity contribution in [1.29, 1.82) is 0 Å². The summed E-state index contributed by atoms with van der Waals surface area (Å²) in [7, 11) is 0. The van der Waals surface area contributed by atoms with Gasteiger partial charge in [0.1, 0.15) is 6.54 Å². The molecule has 3 amide bonds. The third-order valence-corrected chi connectivity index (χ3v) is 7.21. The van der Waals surface area contributed by atoms with Crippen LogP contribution in [-0.4, -0.2) is 30.0 Å². The second-order valence-corrected chi connectivity index (χ2v) is 9.25. The fraction of sp³-hybridized carbons (Fsp3) is 0.160. The molecule has 2 aliphatic heterocycles. The molecule has 1 N–H and O–H groups in total. The zero-order valence-electron chi connectivity index (χ0n) is 18.0. The molecule has 0 unspecified atom stereocenters. The molecule has 1 saturated heterocycles. The molecule has 172 valence electrons. The van der Waals surface area contributed by atoms with E-state index in [1.54, 1.807) is 30.3 Å². The number of thioether (sulfide) groups is 1. The van der Waals surface area contributed by atoms with Crippen molar-refractivity contribution in [3.63, 3.8) is 0 Å². The minimum Gasteiger partial charge on any atom is -0.325 e. The van der Waals surface area contributed by atoms with Gasteiger partial charge in [0.15, 0.2) is 11.6 Å². The molecule has 0 aliphatic carbocycles. The average molecular weight is 480 g/mol. The quantitative estimate of drug-likeness (QED) is 0.609. The van der Waals surface area contributed by atoms with Crippen LogP contribution in [0.5, 0.6) is 0 Å². The summed E-state index contributed by atoms with van der Waals surface area (Å²) in [6.07, 6.45) is 0. The molecule has 1 spiro atoms. The molecule has 0 bridgehead atoms. The van der Waals surface area contributed by atoms with Crippen molar-refractivity contribution in [1.82, 2.24) is 0 Å². The van der Waals surface area contributed by atoms with Crippen molar-refractivity contribution in [3.05, 3.63) is 89.5 Å². The van der Waals surface area contributed by atoms with E-state index in [0.717, 1.165) is 29.5 Å². The fourth-order valence-corrected chi connectivity index (χ4v) is 5.76. The summed E-state index contributed by atoms with van der Waals surface area (Å²) in [5, 5.41) is 2.79. The van der Waals surface area contributed by atoms with Crippen molar-refractivity contribution in [3.8, 4) is 0 Å². The lowest BCUT2D eigenvalue weighted by Crippen LogP contribution is -2.51.